The molecule has 0 spiro atoms. The lowest BCUT2D eigenvalue weighted by atomic mass is 9.51. The van der Waals surface area contributed by atoms with Crippen molar-refractivity contribution >= 4 is 0 Å². The molecule has 1 aliphatic heterocycles. The van der Waals surface area contributed by atoms with Crippen molar-refractivity contribution in [2.24, 2.45) is 16.7 Å². The maximum absolute atomic E-state index is 9.16. The highest BCUT2D eigenvalue weighted by molar-refractivity contribution is 5.01. The van der Waals surface area contributed by atoms with E-state index >= 15 is 0 Å². The van der Waals surface area contributed by atoms with Gasteiger partial charge in [0.25, 0.3) is 0 Å². The minimum absolute atomic E-state index is 0.295. The highest BCUT2D eigenvalue weighted by atomic mass is 16.3. The summed E-state index contributed by atoms with van der Waals surface area (Å²) in [6.45, 7) is 8.69. The number of nitrogens with one attached hydrogen (secondary N) is 1. The van der Waals surface area contributed by atoms with E-state index in [9.17, 15) is 0 Å². The monoisotopic (exact) mass is 211 g/mol. The first-order valence-electron chi connectivity index (χ1n) is 6.34. The Balaban J connectivity index is 2.03. The van der Waals surface area contributed by atoms with Gasteiger partial charge in [0.2, 0.25) is 0 Å². The zero-order chi connectivity index (χ0) is 11.1. The minimum atomic E-state index is 0.295. The quantitative estimate of drug-likeness (QED) is 0.750. The molecule has 2 nitrogen and oxygen atoms in total. The normalized spacial score (nSPS) is 35.2. The third-order valence-electron chi connectivity index (χ3n) is 5.48. The first-order chi connectivity index (χ1) is 6.99. The molecule has 1 aliphatic carbocycles. The van der Waals surface area contributed by atoms with Crippen LogP contribution in [-0.4, -0.2) is 24.3 Å². The largest absolute Gasteiger partial charge is 0.395 e. The van der Waals surface area contributed by atoms with E-state index in [1.807, 2.05) is 0 Å². The van der Waals surface area contributed by atoms with E-state index in [1.54, 1.807) is 0 Å². The summed E-state index contributed by atoms with van der Waals surface area (Å²) in [6.07, 6.45) is 5.34. The number of hydrogen-bond donors (Lipinski definition) is 2. The second-order valence-corrected chi connectivity index (χ2v) is 6.36. The minimum Gasteiger partial charge on any atom is -0.395 e. The van der Waals surface area contributed by atoms with Gasteiger partial charge in [-0.2, -0.15) is 0 Å². The van der Waals surface area contributed by atoms with Crippen molar-refractivity contribution in [3.8, 4) is 0 Å². The van der Waals surface area contributed by atoms with E-state index in [1.165, 1.54) is 19.3 Å². The summed E-state index contributed by atoms with van der Waals surface area (Å²) in [7, 11) is 0. The highest BCUT2D eigenvalue weighted by Gasteiger charge is 2.50. The van der Waals surface area contributed by atoms with E-state index in [0.29, 0.717) is 23.5 Å². The van der Waals surface area contributed by atoms with Gasteiger partial charge >= 0.3 is 0 Å². The zero-order valence-electron chi connectivity index (χ0n) is 10.3. The summed E-state index contributed by atoms with van der Waals surface area (Å²) in [5.41, 5.74) is 0.964. The average molecular weight is 211 g/mol. The van der Waals surface area contributed by atoms with Gasteiger partial charge in [-0.1, -0.05) is 27.2 Å². The van der Waals surface area contributed by atoms with Crippen LogP contribution in [-0.2, 0) is 0 Å². The molecule has 1 saturated heterocycles. The molecule has 0 amide bonds. The van der Waals surface area contributed by atoms with Crippen LogP contribution in [0.25, 0.3) is 0 Å². The molecule has 15 heavy (non-hydrogen) atoms. The Kier molecular flexibility index (Phi) is 2.85. The fourth-order valence-electron chi connectivity index (χ4n) is 3.35. The van der Waals surface area contributed by atoms with Crippen LogP contribution in [0.2, 0.25) is 0 Å². The van der Waals surface area contributed by atoms with Gasteiger partial charge in [0.15, 0.2) is 0 Å². The molecule has 0 aromatic carbocycles. The second kappa shape index (κ2) is 3.74. The maximum atomic E-state index is 9.16. The molecule has 2 rings (SSSR count). The molecule has 1 saturated carbocycles. The van der Waals surface area contributed by atoms with E-state index < -0.39 is 0 Å². The molecular formula is C13H25NO. The van der Waals surface area contributed by atoms with Gasteiger partial charge in [-0.25, -0.2) is 0 Å². The summed E-state index contributed by atoms with van der Waals surface area (Å²) in [4.78, 5) is 0. The topological polar surface area (TPSA) is 32.3 Å². The van der Waals surface area contributed by atoms with Crippen LogP contribution in [0.3, 0.4) is 0 Å². The third kappa shape index (κ3) is 1.72. The van der Waals surface area contributed by atoms with Crippen LogP contribution >= 0.6 is 0 Å². The SMILES string of the molecule is CC1(C(C)(C)C2CN[C@H](CO)C2)CCC1. The lowest BCUT2D eigenvalue weighted by Gasteiger charge is -2.54. The first-order valence-corrected chi connectivity index (χ1v) is 6.34. The molecule has 0 bridgehead atoms. The van der Waals surface area contributed by atoms with Gasteiger partial charge in [-0.05, 0) is 42.6 Å². The van der Waals surface area contributed by atoms with Crippen molar-refractivity contribution in [3.63, 3.8) is 0 Å². The van der Waals surface area contributed by atoms with Crippen LogP contribution < -0.4 is 5.32 Å². The Labute approximate surface area is 93.5 Å². The van der Waals surface area contributed by atoms with Crippen LogP contribution in [0.4, 0.5) is 0 Å². The van der Waals surface area contributed by atoms with Gasteiger partial charge < -0.3 is 10.4 Å². The van der Waals surface area contributed by atoms with E-state index in [0.717, 1.165) is 18.9 Å². The third-order valence-corrected chi connectivity index (χ3v) is 5.48. The van der Waals surface area contributed by atoms with Crippen molar-refractivity contribution in [2.45, 2.75) is 52.5 Å². The van der Waals surface area contributed by atoms with Crippen molar-refractivity contribution in [1.29, 1.82) is 0 Å². The molecule has 2 heteroatoms. The van der Waals surface area contributed by atoms with Gasteiger partial charge in [-0.15, -0.1) is 0 Å². The fourth-order valence-corrected chi connectivity index (χ4v) is 3.35. The van der Waals surface area contributed by atoms with Crippen molar-refractivity contribution in [3.05, 3.63) is 0 Å². The number of aliphatic hydroxyl groups excluding tert-OH is 1. The average Bonchev–Trinajstić information content (AvgIpc) is 2.62. The predicted octanol–water partition coefficient (Wildman–Crippen LogP) is 2.17. The smallest absolute Gasteiger partial charge is 0.0584 e. The number of rotatable bonds is 3. The summed E-state index contributed by atoms with van der Waals surface area (Å²) in [5.74, 6) is 0.736. The van der Waals surface area contributed by atoms with Crippen LogP contribution in [0, 0.1) is 16.7 Å². The second-order valence-electron chi connectivity index (χ2n) is 6.36. The highest BCUT2D eigenvalue weighted by Crippen LogP contribution is 2.58. The molecule has 0 aromatic rings. The van der Waals surface area contributed by atoms with Crippen LogP contribution in [0.15, 0.2) is 0 Å². The summed E-state index contributed by atoms with van der Waals surface area (Å²) in [6, 6.07) is 0.345. The lowest BCUT2D eigenvalue weighted by molar-refractivity contribution is -0.0369. The maximum Gasteiger partial charge on any atom is 0.0584 e. The molecule has 1 unspecified atom stereocenters. The molecular weight excluding hydrogens is 186 g/mol. The van der Waals surface area contributed by atoms with Crippen molar-refractivity contribution < 1.29 is 5.11 Å². The van der Waals surface area contributed by atoms with Gasteiger partial charge in [0.05, 0.1) is 6.61 Å². The summed E-state index contributed by atoms with van der Waals surface area (Å²) < 4.78 is 0. The Morgan fingerprint density at radius 1 is 1.40 bits per heavy atom. The number of aliphatic hydroxyl groups is 1. The van der Waals surface area contributed by atoms with Crippen molar-refractivity contribution in [1.82, 2.24) is 5.32 Å². The standard InChI is InChI=1S/C13H25NO/c1-12(2,13(3)5-4-6-13)10-7-11(9-15)14-8-10/h10-11,14-15H,4-9H2,1-3H3/t10?,11-/m0/s1. The van der Waals surface area contributed by atoms with E-state index in [4.69, 9.17) is 5.11 Å². The van der Waals surface area contributed by atoms with Gasteiger partial charge in [0, 0.05) is 6.04 Å². The van der Waals surface area contributed by atoms with E-state index in [-0.39, 0.29) is 0 Å². The molecule has 1 heterocycles. The Hall–Kier alpha value is -0.0800. The van der Waals surface area contributed by atoms with Crippen LogP contribution in [0.5, 0.6) is 0 Å². The van der Waals surface area contributed by atoms with Gasteiger partial charge in [0.1, 0.15) is 0 Å². The fraction of sp³-hybridized carbons (Fsp3) is 1.00. The Bertz CT molecular complexity index is 233. The predicted molar refractivity (Wildman–Crippen MR) is 62.7 cm³/mol. The molecule has 0 radical (unpaired) electrons. The van der Waals surface area contributed by atoms with Crippen molar-refractivity contribution in [2.75, 3.05) is 13.2 Å². The Morgan fingerprint density at radius 2 is 2.07 bits per heavy atom. The molecule has 2 atom stereocenters. The van der Waals surface area contributed by atoms with Crippen LogP contribution in [0.1, 0.15) is 46.5 Å². The van der Waals surface area contributed by atoms with E-state index in [2.05, 4.69) is 26.1 Å². The molecule has 2 fully saturated rings. The van der Waals surface area contributed by atoms with Gasteiger partial charge in [-0.3, -0.25) is 0 Å². The summed E-state index contributed by atoms with van der Waals surface area (Å²) >= 11 is 0. The molecule has 2 N–H and O–H groups in total. The number of hydrogen-bond acceptors (Lipinski definition) is 2. The molecule has 0 aromatic heterocycles. The lowest BCUT2D eigenvalue weighted by Crippen LogP contribution is -2.46. The molecule has 2 aliphatic rings. The first kappa shape index (κ1) is 11.4. The molecule has 88 valence electrons. The summed E-state index contributed by atoms with van der Waals surface area (Å²) in [5, 5.41) is 12.6. The zero-order valence-corrected chi connectivity index (χ0v) is 10.3. The Morgan fingerprint density at radius 3 is 2.47 bits per heavy atom.